The molecule has 3 unspecified atom stereocenters. The van der Waals surface area contributed by atoms with Crippen molar-refractivity contribution in [2.75, 3.05) is 11.6 Å². The molecular weight excluding hydrogens is 300 g/mol. The first kappa shape index (κ1) is 15.0. The van der Waals surface area contributed by atoms with Gasteiger partial charge in [-0.25, -0.2) is 9.78 Å². The van der Waals surface area contributed by atoms with Crippen LogP contribution in [0.4, 0.5) is 10.5 Å². The molecule has 0 bridgehead atoms. The molecule has 2 aromatic rings. The first-order chi connectivity index (χ1) is 10.5. The Balaban J connectivity index is 1.64. The van der Waals surface area contributed by atoms with Gasteiger partial charge in [0.05, 0.1) is 11.9 Å². The number of aromatic amines is 1. The molecule has 0 aromatic carbocycles. The molecule has 0 radical (unpaired) electrons. The minimum atomic E-state index is -0.814. The van der Waals surface area contributed by atoms with Gasteiger partial charge >= 0.3 is 6.03 Å². The zero-order chi connectivity index (χ0) is 15.7. The SMILES string of the molecule is Cc1c(NC(=O)NC2CCC(S(C)=O)C2)cnc2[nH]ccc12. The molecule has 0 saturated heterocycles. The standard InChI is InChI=1S/C15H20N4O2S/c1-9-12-5-6-16-14(12)17-8-13(9)19-15(20)18-10-3-4-11(7-10)22(2)21/h5-6,8,10-11H,3-4,7H2,1-2H3,(H,16,17)(H2,18,19,20). The molecule has 2 aromatic heterocycles. The first-order valence-corrected chi connectivity index (χ1v) is 8.99. The number of anilines is 1. The van der Waals surface area contributed by atoms with Crippen molar-refractivity contribution < 1.29 is 9.00 Å². The van der Waals surface area contributed by atoms with Crippen molar-refractivity contribution in [2.24, 2.45) is 0 Å². The van der Waals surface area contributed by atoms with Crippen LogP contribution in [0.5, 0.6) is 0 Å². The number of nitrogens with one attached hydrogen (secondary N) is 3. The van der Waals surface area contributed by atoms with Gasteiger partial charge in [0.15, 0.2) is 0 Å². The van der Waals surface area contributed by atoms with Crippen molar-refractivity contribution in [3.8, 4) is 0 Å². The zero-order valence-corrected chi connectivity index (χ0v) is 13.5. The quantitative estimate of drug-likeness (QED) is 0.811. The Bertz CT molecular complexity index is 727. The predicted molar refractivity (Wildman–Crippen MR) is 88.5 cm³/mol. The summed E-state index contributed by atoms with van der Waals surface area (Å²) >= 11 is 0. The molecule has 2 heterocycles. The van der Waals surface area contributed by atoms with E-state index in [-0.39, 0.29) is 17.3 Å². The highest BCUT2D eigenvalue weighted by Gasteiger charge is 2.28. The molecule has 0 aliphatic heterocycles. The summed E-state index contributed by atoms with van der Waals surface area (Å²) < 4.78 is 11.5. The fourth-order valence-corrected chi connectivity index (χ4v) is 3.95. The number of amides is 2. The Morgan fingerprint density at radius 1 is 1.45 bits per heavy atom. The van der Waals surface area contributed by atoms with Gasteiger partial charge in [0, 0.05) is 39.9 Å². The Morgan fingerprint density at radius 3 is 3.00 bits per heavy atom. The lowest BCUT2D eigenvalue weighted by Crippen LogP contribution is -2.37. The number of rotatable bonds is 3. The van der Waals surface area contributed by atoms with Crippen molar-refractivity contribution in [1.82, 2.24) is 15.3 Å². The van der Waals surface area contributed by atoms with Crippen molar-refractivity contribution in [3.05, 3.63) is 24.0 Å². The summed E-state index contributed by atoms with van der Waals surface area (Å²) in [6, 6.07) is 1.81. The van der Waals surface area contributed by atoms with E-state index in [2.05, 4.69) is 20.6 Å². The minimum absolute atomic E-state index is 0.0955. The number of carbonyl (C=O) groups is 1. The molecule has 1 saturated carbocycles. The van der Waals surface area contributed by atoms with Crippen LogP contribution in [0.15, 0.2) is 18.5 Å². The third-order valence-electron chi connectivity index (χ3n) is 4.29. The summed E-state index contributed by atoms with van der Waals surface area (Å²) in [5, 5.41) is 7.02. The Morgan fingerprint density at radius 2 is 2.27 bits per heavy atom. The number of pyridine rings is 1. The van der Waals surface area contributed by atoms with E-state index in [4.69, 9.17) is 0 Å². The Labute approximate surface area is 131 Å². The van der Waals surface area contributed by atoms with E-state index in [9.17, 15) is 9.00 Å². The van der Waals surface area contributed by atoms with Crippen LogP contribution >= 0.6 is 0 Å². The van der Waals surface area contributed by atoms with Gasteiger partial charge in [0.1, 0.15) is 5.65 Å². The number of carbonyl (C=O) groups excluding carboxylic acids is 1. The van der Waals surface area contributed by atoms with E-state index >= 15 is 0 Å². The summed E-state index contributed by atoms with van der Waals surface area (Å²) in [6.07, 6.45) is 7.79. The van der Waals surface area contributed by atoms with Crippen LogP contribution < -0.4 is 10.6 Å². The smallest absolute Gasteiger partial charge is 0.319 e. The van der Waals surface area contributed by atoms with E-state index in [0.717, 1.165) is 35.9 Å². The molecule has 2 amide bonds. The monoisotopic (exact) mass is 320 g/mol. The molecule has 118 valence electrons. The average molecular weight is 320 g/mol. The number of hydrogen-bond donors (Lipinski definition) is 3. The average Bonchev–Trinajstić information content (AvgIpc) is 3.11. The fourth-order valence-electron chi connectivity index (χ4n) is 2.98. The number of nitrogens with zero attached hydrogens (tertiary/aromatic N) is 1. The van der Waals surface area contributed by atoms with Crippen LogP contribution in [0.3, 0.4) is 0 Å². The predicted octanol–water partition coefficient (Wildman–Crippen LogP) is 2.29. The van der Waals surface area contributed by atoms with E-state index in [1.54, 1.807) is 12.5 Å². The van der Waals surface area contributed by atoms with Crippen molar-refractivity contribution in [3.63, 3.8) is 0 Å². The van der Waals surface area contributed by atoms with Gasteiger partial charge in [-0.05, 0) is 37.8 Å². The number of aryl methyl sites for hydroxylation is 1. The van der Waals surface area contributed by atoms with Crippen LogP contribution in [-0.4, -0.2) is 37.8 Å². The molecule has 1 fully saturated rings. The molecular formula is C15H20N4O2S. The highest BCUT2D eigenvalue weighted by molar-refractivity contribution is 7.84. The topological polar surface area (TPSA) is 86.9 Å². The molecule has 3 N–H and O–H groups in total. The van der Waals surface area contributed by atoms with E-state index in [1.807, 2.05) is 19.2 Å². The molecule has 7 heteroatoms. The van der Waals surface area contributed by atoms with Gasteiger partial charge in [-0.15, -0.1) is 0 Å². The van der Waals surface area contributed by atoms with E-state index < -0.39 is 10.8 Å². The molecule has 1 aliphatic rings. The summed E-state index contributed by atoms with van der Waals surface area (Å²) in [5.74, 6) is 0. The molecule has 3 atom stereocenters. The van der Waals surface area contributed by atoms with Crippen LogP contribution in [0, 0.1) is 6.92 Å². The Hall–Kier alpha value is -1.89. The summed E-state index contributed by atoms with van der Waals surface area (Å²) in [7, 11) is -0.814. The van der Waals surface area contributed by atoms with Gasteiger partial charge < -0.3 is 15.6 Å². The van der Waals surface area contributed by atoms with Crippen molar-refractivity contribution in [2.45, 2.75) is 37.5 Å². The number of urea groups is 1. The normalized spacial score (nSPS) is 22.6. The lowest BCUT2D eigenvalue weighted by atomic mass is 10.2. The first-order valence-electron chi connectivity index (χ1n) is 7.37. The number of fused-ring (bicyclic) bond motifs is 1. The number of aromatic nitrogens is 2. The van der Waals surface area contributed by atoms with Gasteiger partial charge in [0.25, 0.3) is 0 Å². The maximum absolute atomic E-state index is 12.1. The highest BCUT2D eigenvalue weighted by atomic mass is 32.2. The van der Waals surface area contributed by atoms with Gasteiger partial charge in [0.2, 0.25) is 0 Å². The van der Waals surface area contributed by atoms with E-state index in [1.165, 1.54) is 0 Å². The second-order valence-corrected chi connectivity index (χ2v) is 7.43. The van der Waals surface area contributed by atoms with Crippen LogP contribution in [0.2, 0.25) is 0 Å². The third-order valence-corrected chi connectivity index (χ3v) is 5.66. The van der Waals surface area contributed by atoms with Crippen LogP contribution in [-0.2, 0) is 10.8 Å². The summed E-state index contributed by atoms with van der Waals surface area (Å²) in [6.45, 7) is 1.96. The lowest BCUT2D eigenvalue weighted by molar-refractivity contribution is 0.248. The summed E-state index contributed by atoms with van der Waals surface area (Å²) in [4.78, 5) is 19.5. The largest absolute Gasteiger partial charge is 0.346 e. The Kier molecular flexibility index (Phi) is 4.15. The van der Waals surface area contributed by atoms with Gasteiger partial charge in [-0.2, -0.15) is 0 Å². The number of hydrogen-bond acceptors (Lipinski definition) is 3. The molecule has 3 rings (SSSR count). The second-order valence-electron chi connectivity index (χ2n) is 5.77. The van der Waals surface area contributed by atoms with Crippen LogP contribution in [0.1, 0.15) is 24.8 Å². The zero-order valence-electron chi connectivity index (χ0n) is 12.7. The minimum Gasteiger partial charge on any atom is -0.346 e. The van der Waals surface area contributed by atoms with Gasteiger partial charge in [-0.3, -0.25) is 4.21 Å². The van der Waals surface area contributed by atoms with Gasteiger partial charge in [-0.1, -0.05) is 0 Å². The molecule has 22 heavy (non-hydrogen) atoms. The lowest BCUT2D eigenvalue weighted by Gasteiger charge is -2.14. The maximum Gasteiger partial charge on any atom is 0.319 e. The third kappa shape index (κ3) is 2.99. The van der Waals surface area contributed by atoms with E-state index in [0.29, 0.717) is 5.69 Å². The summed E-state index contributed by atoms with van der Waals surface area (Å²) in [5.41, 5.74) is 2.51. The van der Waals surface area contributed by atoms with Crippen LogP contribution in [0.25, 0.3) is 11.0 Å². The van der Waals surface area contributed by atoms with Crippen molar-refractivity contribution in [1.29, 1.82) is 0 Å². The fraction of sp³-hybridized carbons (Fsp3) is 0.467. The molecule has 6 nitrogen and oxygen atoms in total. The number of H-pyrrole nitrogens is 1. The molecule has 0 spiro atoms. The highest BCUT2D eigenvalue weighted by Crippen LogP contribution is 2.24. The van der Waals surface area contributed by atoms with Crippen molar-refractivity contribution >= 4 is 33.6 Å². The second kappa shape index (κ2) is 6.08. The molecule has 1 aliphatic carbocycles. The maximum atomic E-state index is 12.1.